The monoisotopic (exact) mass is 284 g/mol. The smallest absolute Gasteiger partial charge is 0.299 e. The zero-order valence-electron chi connectivity index (χ0n) is 10.9. The van der Waals surface area contributed by atoms with Crippen LogP contribution in [0.3, 0.4) is 0 Å². The number of piperazine rings is 3. The van der Waals surface area contributed by atoms with Crippen LogP contribution < -0.4 is 0 Å². The number of ketones is 1. The summed E-state index contributed by atoms with van der Waals surface area (Å²) < 4.78 is 39.0. The maximum Gasteiger partial charge on any atom is 0.417 e. The van der Waals surface area contributed by atoms with Gasteiger partial charge in [0.05, 0.1) is 11.6 Å². The molecule has 1 aromatic carbocycles. The van der Waals surface area contributed by atoms with Gasteiger partial charge in [-0.2, -0.15) is 13.2 Å². The highest BCUT2D eigenvalue weighted by atomic mass is 19.4. The standard InChI is InChI=1S/C14H15F3N2O/c15-14(16,17)11-4-2-1-3-10(11)13(20)12-9-18-5-7-19(12)8-6-18/h1-4,12H,5-9H2. The molecule has 0 amide bonds. The van der Waals surface area contributed by atoms with Crippen LogP contribution >= 0.6 is 0 Å². The van der Waals surface area contributed by atoms with E-state index < -0.39 is 23.6 Å². The van der Waals surface area contributed by atoms with E-state index in [2.05, 4.69) is 4.90 Å². The van der Waals surface area contributed by atoms with Crippen LogP contribution in [0.2, 0.25) is 0 Å². The number of halogens is 3. The number of carbonyl (C=O) groups is 1. The van der Waals surface area contributed by atoms with Gasteiger partial charge in [-0.15, -0.1) is 0 Å². The van der Waals surface area contributed by atoms with E-state index >= 15 is 0 Å². The third-order valence-corrected chi connectivity index (χ3v) is 4.08. The molecule has 3 aliphatic heterocycles. The lowest BCUT2D eigenvalue weighted by atomic mass is 9.94. The number of Topliss-reactive ketones (excluding diaryl/α,β-unsaturated/α-hetero) is 1. The van der Waals surface area contributed by atoms with Gasteiger partial charge in [-0.25, -0.2) is 0 Å². The molecule has 108 valence electrons. The first-order chi connectivity index (χ1) is 9.47. The number of benzene rings is 1. The third-order valence-electron chi connectivity index (χ3n) is 4.08. The predicted molar refractivity (Wildman–Crippen MR) is 67.6 cm³/mol. The van der Waals surface area contributed by atoms with Gasteiger partial charge in [-0.3, -0.25) is 14.6 Å². The molecule has 3 fully saturated rings. The number of carbonyl (C=O) groups excluding carboxylic acids is 1. The van der Waals surface area contributed by atoms with Gasteiger partial charge in [0.2, 0.25) is 0 Å². The molecule has 1 unspecified atom stereocenters. The van der Waals surface area contributed by atoms with Crippen molar-refractivity contribution in [3.63, 3.8) is 0 Å². The summed E-state index contributed by atoms with van der Waals surface area (Å²) in [7, 11) is 0. The molecular weight excluding hydrogens is 269 g/mol. The molecule has 3 saturated heterocycles. The molecule has 4 rings (SSSR count). The molecule has 6 heteroatoms. The Balaban J connectivity index is 1.92. The van der Waals surface area contributed by atoms with Crippen molar-refractivity contribution in [2.75, 3.05) is 32.7 Å². The van der Waals surface area contributed by atoms with Crippen LogP contribution in [0, 0.1) is 0 Å². The number of hydrogen-bond acceptors (Lipinski definition) is 3. The quantitative estimate of drug-likeness (QED) is 0.775. The maximum atomic E-state index is 13.0. The average Bonchev–Trinajstić information content (AvgIpc) is 2.47. The lowest BCUT2D eigenvalue weighted by Crippen LogP contribution is -2.63. The Morgan fingerprint density at radius 3 is 2.30 bits per heavy atom. The van der Waals surface area contributed by atoms with Gasteiger partial charge in [0.1, 0.15) is 0 Å². The van der Waals surface area contributed by atoms with Gasteiger partial charge in [0.25, 0.3) is 0 Å². The number of hydrogen-bond donors (Lipinski definition) is 0. The molecule has 0 aromatic heterocycles. The van der Waals surface area contributed by atoms with Gasteiger partial charge < -0.3 is 0 Å². The van der Waals surface area contributed by atoms with E-state index in [0.29, 0.717) is 6.54 Å². The summed E-state index contributed by atoms with van der Waals surface area (Å²) in [5.41, 5.74) is -1.04. The van der Waals surface area contributed by atoms with Crippen LogP contribution in [0.15, 0.2) is 24.3 Å². The molecule has 0 saturated carbocycles. The molecule has 3 aliphatic rings. The van der Waals surface area contributed by atoms with Gasteiger partial charge in [0.15, 0.2) is 5.78 Å². The van der Waals surface area contributed by atoms with Gasteiger partial charge in [-0.1, -0.05) is 18.2 Å². The Kier molecular flexibility index (Phi) is 3.30. The summed E-state index contributed by atoms with van der Waals surface area (Å²) in [6, 6.07) is 4.62. The first-order valence-corrected chi connectivity index (χ1v) is 6.63. The summed E-state index contributed by atoms with van der Waals surface area (Å²) in [5, 5.41) is 0. The van der Waals surface area contributed by atoms with Crippen LogP contribution in [0.1, 0.15) is 15.9 Å². The molecule has 0 spiro atoms. The fourth-order valence-electron chi connectivity index (χ4n) is 2.99. The van der Waals surface area contributed by atoms with Crippen molar-refractivity contribution < 1.29 is 18.0 Å². The van der Waals surface area contributed by atoms with Crippen LogP contribution in [0.25, 0.3) is 0 Å². The van der Waals surface area contributed by atoms with E-state index in [1.807, 2.05) is 4.90 Å². The Hall–Kier alpha value is -1.40. The molecule has 0 aliphatic carbocycles. The number of alkyl halides is 3. The van der Waals surface area contributed by atoms with Crippen molar-refractivity contribution in [2.24, 2.45) is 0 Å². The number of nitrogens with zero attached hydrogens (tertiary/aromatic N) is 2. The van der Waals surface area contributed by atoms with E-state index in [9.17, 15) is 18.0 Å². The van der Waals surface area contributed by atoms with E-state index in [1.54, 1.807) is 0 Å². The molecule has 0 radical (unpaired) electrons. The second-order valence-electron chi connectivity index (χ2n) is 5.26. The van der Waals surface area contributed by atoms with E-state index in [0.717, 1.165) is 32.2 Å². The fourth-order valence-corrected chi connectivity index (χ4v) is 2.99. The summed E-state index contributed by atoms with van der Waals surface area (Å²) in [5.74, 6) is -0.415. The topological polar surface area (TPSA) is 23.6 Å². The summed E-state index contributed by atoms with van der Waals surface area (Å²) in [6.07, 6.45) is -4.49. The van der Waals surface area contributed by atoms with Gasteiger partial charge >= 0.3 is 6.18 Å². The minimum Gasteiger partial charge on any atom is -0.299 e. The molecule has 3 nitrogen and oxygen atoms in total. The SMILES string of the molecule is O=C(c1ccccc1C(F)(F)F)C1CN2CCN1CC2. The van der Waals surface area contributed by atoms with Crippen molar-refractivity contribution in [1.29, 1.82) is 0 Å². The second-order valence-corrected chi connectivity index (χ2v) is 5.26. The molecule has 20 heavy (non-hydrogen) atoms. The maximum absolute atomic E-state index is 13.0. The predicted octanol–water partition coefficient (Wildman–Crippen LogP) is 1.89. The Bertz CT molecular complexity index is 521. The molecule has 1 atom stereocenters. The van der Waals surface area contributed by atoms with Crippen molar-refractivity contribution in [2.45, 2.75) is 12.2 Å². The Labute approximate surface area is 115 Å². The molecule has 2 bridgehead atoms. The number of fused-ring (bicyclic) bond motifs is 3. The van der Waals surface area contributed by atoms with Crippen LogP contribution in [0.4, 0.5) is 13.2 Å². The lowest BCUT2D eigenvalue weighted by molar-refractivity contribution is -0.138. The van der Waals surface area contributed by atoms with Crippen molar-refractivity contribution >= 4 is 5.78 Å². The zero-order valence-corrected chi connectivity index (χ0v) is 10.9. The van der Waals surface area contributed by atoms with Gasteiger partial charge in [0, 0.05) is 38.3 Å². The molecule has 1 aromatic rings. The van der Waals surface area contributed by atoms with Crippen LogP contribution in [0.5, 0.6) is 0 Å². The third kappa shape index (κ3) is 2.33. The summed E-state index contributed by atoms with van der Waals surface area (Å²) >= 11 is 0. The highest BCUT2D eigenvalue weighted by Gasteiger charge is 2.40. The van der Waals surface area contributed by atoms with Crippen molar-refractivity contribution in [1.82, 2.24) is 9.80 Å². The number of rotatable bonds is 2. The van der Waals surface area contributed by atoms with Gasteiger partial charge in [-0.05, 0) is 6.07 Å². The minimum absolute atomic E-state index is 0.209. The Morgan fingerprint density at radius 1 is 1.10 bits per heavy atom. The normalized spacial score (nSPS) is 29.4. The van der Waals surface area contributed by atoms with Crippen molar-refractivity contribution in [3.8, 4) is 0 Å². The molecule has 3 heterocycles. The average molecular weight is 284 g/mol. The van der Waals surface area contributed by atoms with Crippen molar-refractivity contribution in [3.05, 3.63) is 35.4 Å². The summed E-state index contributed by atoms with van der Waals surface area (Å²) in [4.78, 5) is 16.6. The fraction of sp³-hybridized carbons (Fsp3) is 0.500. The minimum atomic E-state index is -4.49. The van der Waals surface area contributed by atoms with Crippen LogP contribution in [-0.4, -0.2) is 54.3 Å². The second kappa shape index (κ2) is 4.86. The largest absolute Gasteiger partial charge is 0.417 e. The molecule has 0 N–H and O–H groups in total. The van der Waals surface area contributed by atoms with E-state index in [-0.39, 0.29) is 5.56 Å². The van der Waals surface area contributed by atoms with E-state index in [1.165, 1.54) is 18.2 Å². The Morgan fingerprint density at radius 2 is 1.75 bits per heavy atom. The van der Waals surface area contributed by atoms with E-state index in [4.69, 9.17) is 0 Å². The summed E-state index contributed by atoms with van der Waals surface area (Å²) in [6.45, 7) is 3.83. The first kappa shape index (κ1) is 13.6. The molecular formula is C14H15F3N2O. The van der Waals surface area contributed by atoms with Crippen LogP contribution in [-0.2, 0) is 6.18 Å². The highest BCUT2D eigenvalue weighted by molar-refractivity contribution is 6.01. The first-order valence-electron chi connectivity index (χ1n) is 6.63. The highest BCUT2D eigenvalue weighted by Crippen LogP contribution is 2.33. The lowest BCUT2D eigenvalue weighted by Gasteiger charge is -2.46. The zero-order chi connectivity index (χ0) is 14.3.